The number of anilines is 1. The number of carbonyl (C=O) groups excluding carboxylic acids is 2. The molecule has 0 radical (unpaired) electrons. The number of amides is 1. The van der Waals surface area contributed by atoms with Gasteiger partial charge < -0.3 is 10.1 Å². The molecule has 0 heterocycles. The van der Waals surface area contributed by atoms with E-state index in [1.165, 1.54) is 18.2 Å². The summed E-state index contributed by atoms with van der Waals surface area (Å²) >= 11 is 6.03. The van der Waals surface area contributed by atoms with E-state index < -0.39 is 28.3 Å². The molecular formula is C18H18ClNO5S. The molecule has 2 aromatic rings. The van der Waals surface area contributed by atoms with Gasteiger partial charge in [0.15, 0.2) is 16.4 Å². The summed E-state index contributed by atoms with van der Waals surface area (Å²) in [7, 11) is -3.46. The fraction of sp³-hybridized carbons (Fsp3) is 0.222. The lowest BCUT2D eigenvalue weighted by molar-refractivity contribution is -0.119. The number of carbonyl (C=O) groups is 2. The summed E-state index contributed by atoms with van der Waals surface area (Å²) in [6, 6.07) is 9.29. The molecule has 0 saturated heterocycles. The smallest absolute Gasteiger partial charge is 0.338 e. The molecular weight excluding hydrogens is 378 g/mol. The van der Waals surface area contributed by atoms with Gasteiger partial charge in [-0.25, -0.2) is 13.2 Å². The summed E-state index contributed by atoms with van der Waals surface area (Å²) in [5, 5.41) is 2.93. The summed E-state index contributed by atoms with van der Waals surface area (Å²) < 4.78 is 28.2. The van der Waals surface area contributed by atoms with Crippen LogP contribution in [0, 0.1) is 13.8 Å². The Bertz CT molecular complexity index is 970. The minimum atomic E-state index is -3.46. The monoisotopic (exact) mass is 395 g/mol. The molecule has 0 atom stereocenters. The Morgan fingerprint density at radius 3 is 2.42 bits per heavy atom. The predicted molar refractivity (Wildman–Crippen MR) is 99.4 cm³/mol. The molecule has 0 aliphatic carbocycles. The third kappa shape index (κ3) is 5.06. The van der Waals surface area contributed by atoms with Crippen molar-refractivity contribution in [3.63, 3.8) is 0 Å². The van der Waals surface area contributed by atoms with E-state index in [1.54, 1.807) is 25.1 Å². The standard InChI is InChI=1S/C18H18ClNO5S/c1-11-4-7-16(15(19)8-11)20-17(21)10-25-18(22)14-9-13(26(3,23)24)6-5-12(14)2/h4-9H,10H2,1-3H3,(H,20,21). The third-order valence-corrected chi connectivity index (χ3v) is 5.01. The van der Waals surface area contributed by atoms with Crippen molar-refractivity contribution in [3.05, 3.63) is 58.1 Å². The van der Waals surface area contributed by atoms with Crippen LogP contribution in [0.3, 0.4) is 0 Å². The zero-order valence-corrected chi connectivity index (χ0v) is 16.1. The Morgan fingerprint density at radius 2 is 1.81 bits per heavy atom. The lowest BCUT2D eigenvalue weighted by atomic mass is 10.1. The van der Waals surface area contributed by atoms with Crippen LogP contribution in [0.15, 0.2) is 41.3 Å². The highest BCUT2D eigenvalue weighted by Gasteiger charge is 2.17. The fourth-order valence-corrected chi connectivity index (χ4v) is 3.10. The van der Waals surface area contributed by atoms with E-state index in [2.05, 4.69) is 5.32 Å². The zero-order valence-electron chi connectivity index (χ0n) is 14.5. The van der Waals surface area contributed by atoms with E-state index in [9.17, 15) is 18.0 Å². The molecule has 0 saturated carbocycles. The number of benzene rings is 2. The van der Waals surface area contributed by atoms with Crippen LogP contribution in [0.2, 0.25) is 5.02 Å². The maximum atomic E-state index is 12.2. The van der Waals surface area contributed by atoms with Crippen LogP contribution in [-0.2, 0) is 19.4 Å². The van der Waals surface area contributed by atoms with E-state index >= 15 is 0 Å². The number of sulfone groups is 1. The number of esters is 1. The van der Waals surface area contributed by atoms with Gasteiger partial charge in [0, 0.05) is 6.26 Å². The Kier molecular flexibility index (Phi) is 6.05. The first-order chi connectivity index (χ1) is 12.1. The second-order valence-electron chi connectivity index (χ2n) is 5.86. The molecule has 2 rings (SSSR count). The number of aryl methyl sites for hydroxylation is 2. The molecule has 0 fully saturated rings. The van der Waals surface area contributed by atoms with E-state index in [0.717, 1.165) is 11.8 Å². The van der Waals surface area contributed by atoms with Crippen LogP contribution in [-0.4, -0.2) is 33.2 Å². The SMILES string of the molecule is Cc1ccc(NC(=O)COC(=O)c2cc(S(C)(=O)=O)ccc2C)c(Cl)c1. The molecule has 6 nitrogen and oxygen atoms in total. The molecule has 26 heavy (non-hydrogen) atoms. The molecule has 1 amide bonds. The minimum Gasteiger partial charge on any atom is -0.452 e. The van der Waals surface area contributed by atoms with Gasteiger partial charge in [-0.05, 0) is 49.2 Å². The van der Waals surface area contributed by atoms with Crippen LogP contribution in [0.25, 0.3) is 0 Å². The normalized spacial score (nSPS) is 11.1. The average molecular weight is 396 g/mol. The molecule has 0 spiro atoms. The first-order valence-electron chi connectivity index (χ1n) is 7.62. The number of nitrogens with one attached hydrogen (secondary N) is 1. The Labute approximate surface area is 157 Å². The summed E-state index contributed by atoms with van der Waals surface area (Å²) in [4.78, 5) is 24.1. The first kappa shape index (κ1) is 19.9. The van der Waals surface area contributed by atoms with Crippen LogP contribution in [0.4, 0.5) is 5.69 Å². The largest absolute Gasteiger partial charge is 0.452 e. The van der Waals surface area contributed by atoms with Crippen LogP contribution in [0.5, 0.6) is 0 Å². The highest BCUT2D eigenvalue weighted by atomic mass is 35.5. The van der Waals surface area contributed by atoms with E-state index in [1.807, 2.05) is 6.92 Å². The predicted octanol–water partition coefficient (Wildman–Crippen LogP) is 3.16. The lowest BCUT2D eigenvalue weighted by Gasteiger charge is -2.10. The molecule has 0 aliphatic heterocycles. The number of halogens is 1. The number of hydrogen-bond acceptors (Lipinski definition) is 5. The summed E-state index contributed by atoms with van der Waals surface area (Å²) in [5.41, 5.74) is 1.99. The van der Waals surface area contributed by atoms with Gasteiger partial charge in [0.1, 0.15) is 0 Å². The van der Waals surface area contributed by atoms with Crippen LogP contribution < -0.4 is 5.32 Å². The Hall–Kier alpha value is -2.38. The number of ether oxygens (including phenoxy) is 1. The molecule has 0 unspecified atom stereocenters. The maximum absolute atomic E-state index is 12.2. The second kappa shape index (κ2) is 7.88. The maximum Gasteiger partial charge on any atom is 0.338 e. The minimum absolute atomic E-state index is 0.00550. The highest BCUT2D eigenvalue weighted by molar-refractivity contribution is 7.90. The number of rotatable bonds is 5. The second-order valence-corrected chi connectivity index (χ2v) is 8.28. The van der Waals surface area contributed by atoms with Crippen LogP contribution >= 0.6 is 11.6 Å². The zero-order chi connectivity index (χ0) is 19.5. The van der Waals surface area contributed by atoms with E-state index in [0.29, 0.717) is 16.3 Å². The first-order valence-corrected chi connectivity index (χ1v) is 9.88. The quantitative estimate of drug-likeness (QED) is 0.785. The molecule has 8 heteroatoms. The van der Waals surface area contributed by atoms with Gasteiger partial charge in [-0.15, -0.1) is 0 Å². The van der Waals surface area contributed by atoms with Crippen molar-refractivity contribution in [1.29, 1.82) is 0 Å². The Morgan fingerprint density at radius 1 is 1.12 bits per heavy atom. The third-order valence-electron chi connectivity index (χ3n) is 3.59. The topological polar surface area (TPSA) is 89.5 Å². The molecule has 2 aromatic carbocycles. The summed E-state index contributed by atoms with van der Waals surface area (Å²) in [6.07, 6.45) is 1.05. The van der Waals surface area contributed by atoms with Gasteiger partial charge in [-0.2, -0.15) is 0 Å². The van der Waals surface area contributed by atoms with Gasteiger partial charge >= 0.3 is 5.97 Å². The van der Waals surface area contributed by atoms with E-state index in [-0.39, 0.29) is 10.5 Å². The molecule has 0 aromatic heterocycles. The molecule has 0 aliphatic rings. The fourth-order valence-electron chi connectivity index (χ4n) is 2.17. The Balaban J connectivity index is 2.05. The van der Waals surface area contributed by atoms with Gasteiger partial charge in [0.05, 0.1) is 21.2 Å². The molecule has 138 valence electrons. The van der Waals surface area contributed by atoms with Gasteiger partial charge in [0.2, 0.25) is 0 Å². The van der Waals surface area contributed by atoms with Crippen molar-refractivity contribution >= 4 is 39.0 Å². The van der Waals surface area contributed by atoms with Crippen molar-refractivity contribution in [2.75, 3.05) is 18.2 Å². The van der Waals surface area contributed by atoms with E-state index in [4.69, 9.17) is 16.3 Å². The summed E-state index contributed by atoms with van der Waals surface area (Å²) in [6.45, 7) is 2.99. The van der Waals surface area contributed by atoms with Crippen molar-refractivity contribution < 1.29 is 22.7 Å². The van der Waals surface area contributed by atoms with Gasteiger partial charge in [0.25, 0.3) is 5.91 Å². The molecule has 1 N–H and O–H groups in total. The average Bonchev–Trinajstić information content (AvgIpc) is 2.54. The van der Waals surface area contributed by atoms with Crippen molar-refractivity contribution in [2.24, 2.45) is 0 Å². The van der Waals surface area contributed by atoms with Crippen molar-refractivity contribution in [3.8, 4) is 0 Å². The van der Waals surface area contributed by atoms with Crippen molar-refractivity contribution in [1.82, 2.24) is 0 Å². The van der Waals surface area contributed by atoms with Crippen molar-refractivity contribution in [2.45, 2.75) is 18.7 Å². The van der Waals surface area contributed by atoms with Gasteiger partial charge in [-0.1, -0.05) is 23.7 Å². The van der Waals surface area contributed by atoms with Crippen LogP contribution in [0.1, 0.15) is 21.5 Å². The number of hydrogen-bond donors (Lipinski definition) is 1. The van der Waals surface area contributed by atoms with Gasteiger partial charge in [-0.3, -0.25) is 4.79 Å². The summed E-state index contributed by atoms with van der Waals surface area (Å²) in [5.74, 6) is -1.33. The lowest BCUT2D eigenvalue weighted by Crippen LogP contribution is -2.21. The molecule has 0 bridgehead atoms. The highest BCUT2D eigenvalue weighted by Crippen LogP contribution is 2.22.